The van der Waals surface area contributed by atoms with E-state index in [1.807, 2.05) is 43.1 Å². The Hall–Kier alpha value is -4.54. The smallest absolute Gasteiger partial charge is 0.487 e. The lowest BCUT2D eigenvalue weighted by Crippen LogP contribution is -2.19. The fraction of sp³-hybridized carbons (Fsp3) is 0.276. The van der Waals surface area contributed by atoms with Crippen LogP contribution in [0.25, 0.3) is 5.69 Å². The minimum absolute atomic E-state index is 0.0514. The Bertz CT molecular complexity index is 1530. The van der Waals surface area contributed by atoms with Crippen LogP contribution in [0.2, 0.25) is 0 Å². The van der Waals surface area contributed by atoms with Crippen molar-refractivity contribution in [2.45, 2.75) is 45.2 Å². The molecule has 1 aliphatic carbocycles. The van der Waals surface area contributed by atoms with Crippen LogP contribution in [0.4, 0.5) is 18.9 Å². The van der Waals surface area contributed by atoms with Crippen LogP contribution < -0.4 is 14.4 Å². The molecule has 11 heteroatoms. The molecule has 1 aliphatic rings. The van der Waals surface area contributed by atoms with E-state index in [1.165, 1.54) is 22.9 Å². The second-order valence-corrected chi connectivity index (χ2v) is 9.72. The predicted octanol–water partition coefficient (Wildman–Crippen LogP) is 6.27. The maximum absolute atomic E-state index is 13.0. The standard InChI is InChI=1S/C29H27F3N4O4/c1-18-14-22(12-13-23(18)35(2)16-19-6-5-7-21(15-19)28(37)38)39-17-25-27(20-10-11-20)33-34-36(25)24-8-3-4-9-26(24)40-29(30,31)32/h3-9,12-15,20H,10-11,16-17H2,1-2H3,(H,37,38). The number of alkyl halides is 3. The number of ether oxygens (including phenoxy) is 2. The van der Waals surface area contributed by atoms with Crippen molar-refractivity contribution in [3.63, 3.8) is 0 Å². The summed E-state index contributed by atoms with van der Waals surface area (Å²) in [4.78, 5) is 13.3. The van der Waals surface area contributed by atoms with E-state index in [9.17, 15) is 23.1 Å². The van der Waals surface area contributed by atoms with Gasteiger partial charge in [0.25, 0.3) is 0 Å². The van der Waals surface area contributed by atoms with Crippen molar-refractivity contribution in [3.8, 4) is 17.2 Å². The molecule has 0 amide bonds. The SMILES string of the molecule is Cc1cc(OCc2c(C3CC3)nnn2-c2ccccc2OC(F)(F)F)ccc1N(C)Cc1cccc(C(=O)O)c1. The number of para-hydroxylation sites is 2. The van der Waals surface area contributed by atoms with Gasteiger partial charge in [0.15, 0.2) is 5.75 Å². The molecule has 4 aromatic rings. The number of halogens is 3. The normalized spacial score (nSPS) is 13.2. The zero-order valence-electron chi connectivity index (χ0n) is 21.9. The van der Waals surface area contributed by atoms with Gasteiger partial charge in [-0.1, -0.05) is 29.5 Å². The number of carboxylic acid groups (broad SMARTS) is 1. The van der Waals surface area contributed by atoms with Gasteiger partial charge in [-0.25, -0.2) is 9.48 Å². The summed E-state index contributed by atoms with van der Waals surface area (Å²) >= 11 is 0. The number of rotatable bonds is 10. The Balaban J connectivity index is 1.35. The van der Waals surface area contributed by atoms with Crippen LogP contribution in [0.1, 0.15) is 51.6 Å². The van der Waals surface area contributed by atoms with Crippen LogP contribution in [0.5, 0.6) is 11.5 Å². The number of carboxylic acids is 1. The number of hydrogen-bond acceptors (Lipinski definition) is 6. The molecule has 5 rings (SSSR count). The lowest BCUT2D eigenvalue weighted by atomic mass is 10.1. The predicted molar refractivity (Wildman–Crippen MR) is 141 cm³/mol. The molecule has 0 aliphatic heterocycles. The molecular weight excluding hydrogens is 525 g/mol. The molecule has 0 unspecified atom stereocenters. The molecule has 208 valence electrons. The fourth-order valence-corrected chi connectivity index (χ4v) is 4.62. The zero-order valence-corrected chi connectivity index (χ0v) is 21.9. The summed E-state index contributed by atoms with van der Waals surface area (Å²) in [5, 5.41) is 17.7. The quantitative estimate of drug-likeness (QED) is 0.248. The van der Waals surface area contributed by atoms with Gasteiger partial charge in [0, 0.05) is 25.2 Å². The number of aryl methyl sites for hydroxylation is 1. The average molecular weight is 553 g/mol. The van der Waals surface area contributed by atoms with Crippen LogP contribution in [0.3, 0.4) is 0 Å². The van der Waals surface area contributed by atoms with Crippen molar-refractivity contribution in [2.75, 3.05) is 11.9 Å². The van der Waals surface area contributed by atoms with Crippen LogP contribution in [-0.2, 0) is 13.2 Å². The van der Waals surface area contributed by atoms with E-state index < -0.39 is 12.3 Å². The van der Waals surface area contributed by atoms with Crippen LogP contribution in [0.15, 0.2) is 66.7 Å². The van der Waals surface area contributed by atoms with Gasteiger partial charge in [0.1, 0.15) is 23.7 Å². The molecule has 0 atom stereocenters. The molecule has 40 heavy (non-hydrogen) atoms. The summed E-state index contributed by atoms with van der Waals surface area (Å²) in [6.07, 6.45) is -2.98. The largest absolute Gasteiger partial charge is 0.573 e. The first-order chi connectivity index (χ1) is 19.1. The topological polar surface area (TPSA) is 89.7 Å². The van der Waals surface area contributed by atoms with E-state index in [-0.39, 0.29) is 29.5 Å². The third-order valence-corrected chi connectivity index (χ3v) is 6.63. The highest BCUT2D eigenvalue weighted by Gasteiger charge is 2.34. The summed E-state index contributed by atoms with van der Waals surface area (Å²) < 4.78 is 50.8. The Morgan fingerprint density at radius 1 is 1.10 bits per heavy atom. The van der Waals surface area contributed by atoms with Gasteiger partial charge < -0.3 is 19.5 Å². The van der Waals surface area contributed by atoms with Crippen LogP contribution in [-0.4, -0.2) is 39.5 Å². The lowest BCUT2D eigenvalue weighted by molar-refractivity contribution is -0.274. The number of anilines is 1. The molecule has 1 saturated carbocycles. The van der Waals surface area contributed by atoms with Crippen LogP contribution in [0, 0.1) is 6.92 Å². The minimum atomic E-state index is -4.85. The lowest BCUT2D eigenvalue weighted by Gasteiger charge is -2.22. The molecule has 0 saturated heterocycles. The average Bonchev–Trinajstić information content (AvgIpc) is 3.66. The van der Waals surface area contributed by atoms with Crippen molar-refractivity contribution < 1.29 is 32.5 Å². The molecule has 0 radical (unpaired) electrons. The second kappa shape index (κ2) is 10.9. The van der Waals surface area contributed by atoms with Gasteiger partial charge in [-0.2, -0.15) is 0 Å². The van der Waals surface area contributed by atoms with Crippen molar-refractivity contribution in [3.05, 3.63) is 94.8 Å². The Morgan fingerprint density at radius 2 is 1.88 bits per heavy atom. The first-order valence-electron chi connectivity index (χ1n) is 12.7. The third kappa shape index (κ3) is 6.19. The molecule has 3 aromatic carbocycles. The maximum atomic E-state index is 13.0. The van der Waals surface area contributed by atoms with Crippen molar-refractivity contribution in [2.24, 2.45) is 0 Å². The first kappa shape index (κ1) is 27.0. The highest BCUT2D eigenvalue weighted by Crippen LogP contribution is 2.42. The summed E-state index contributed by atoms with van der Waals surface area (Å²) in [6.45, 7) is 2.51. The van der Waals surface area contributed by atoms with Gasteiger partial charge >= 0.3 is 12.3 Å². The summed E-state index contributed by atoms with van der Waals surface area (Å²) in [5.41, 5.74) is 4.38. The monoisotopic (exact) mass is 552 g/mol. The molecule has 1 heterocycles. The summed E-state index contributed by atoms with van der Waals surface area (Å²) in [7, 11) is 1.92. The molecule has 1 fully saturated rings. The van der Waals surface area contributed by atoms with Gasteiger partial charge in [-0.3, -0.25) is 0 Å². The molecular formula is C29H27F3N4O4. The van der Waals surface area contributed by atoms with Gasteiger partial charge in [-0.05, 0) is 73.4 Å². The Morgan fingerprint density at radius 3 is 2.58 bits per heavy atom. The van der Waals surface area contributed by atoms with E-state index >= 15 is 0 Å². The Kier molecular flexibility index (Phi) is 7.38. The number of benzene rings is 3. The van der Waals surface area contributed by atoms with Gasteiger partial charge in [0.2, 0.25) is 0 Å². The number of hydrogen-bond donors (Lipinski definition) is 1. The molecule has 1 aromatic heterocycles. The summed E-state index contributed by atoms with van der Waals surface area (Å²) in [5.74, 6) is -0.571. The number of carbonyl (C=O) groups is 1. The zero-order chi connectivity index (χ0) is 28.4. The number of nitrogens with zero attached hydrogens (tertiary/aromatic N) is 4. The third-order valence-electron chi connectivity index (χ3n) is 6.63. The Labute approximate surface area is 228 Å². The van der Waals surface area contributed by atoms with E-state index in [2.05, 4.69) is 15.0 Å². The highest BCUT2D eigenvalue weighted by molar-refractivity contribution is 5.87. The number of aromatic nitrogens is 3. The highest BCUT2D eigenvalue weighted by atomic mass is 19.4. The van der Waals surface area contributed by atoms with E-state index in [4.69, 9.17) is 4.74 Å². The number of aromatic carboxylic acids is 1. The van der Waals surface area contributed by atoms with Crippen molar-refractivity contribution in [1.82, 2.24) is 15.0 Å². The molecule has 8 nitrogen and oxygen atoms in total. The van der Waals surface area contributed by atoms with E-state index in [0.29, 0.717) is 23.7 Å². The first-order valence-corrected chi connectivity index (χ1v) is 12.7. The van der Waals surface area contributed by atoms with E-state index in [0.717, 1.165) is 29.7 Å². The fourth-order valence-electron chi connectivity index (χ4n) is 4.62. The van der Waals surface area contributed by atoms with Crippen molar-refractivity contribution >= 4 is 11.7 Å². The van der Waals surface area contributed by atoms with Crippen LogP contribution >= 0.6 is 0 Å². The molecule has 1 N–H and O–H groups in total. The summed E-state index contributed by atoms with van der Waals surface area (Å²) in [6, 6.07) is 18.2. The maximum Gasteiger partial charge on any atom is 0.573 e. The van der Waals surface area contributed by atoms with Crippen molar-refractivity contribution in [1.29, 1.82) is 0 Å². The molecule has 0 spiro atoms. The minimum Gasteiger partial charge on any atom is -0.487 e. The second-order valence-electron chi connectivity index (χ2n) is 9.72. The van der Waals surface area contributed by atoms with Gasteiger partial charge in [-0.15, -0.1) is 18.3 Å². The van der Waals surface area contributed by atoms with Gasteiger partial charge in [0.05, 0.1) is 11.3 Å². The molecule has 0 bridgehead atoms. The van der Waals surface area contributed by atoms with E-state index in [1.54, 1.807) is 24.3 Å².